The number of methoxy groups -OCH3 is 1. The molecular formula is C21H20F6N2O4S. The Balaban J connectivity index is 1.67. The number of amides is 1. The summed E-state index contributed by atoms with van der Waals surface area (Å²) >= 11 is 0. The topological polar surface area (TPSA) is 75.7 Å². The molecule has 0 fully saturated rings. The predicted octanol–water partition coefficient (Wildman–Crippen LogP) is 3.85. The first kappa shape index (κ1) is 25.8. The Morgan fingerprint density at radius 2 is 1.62 bits per heavy atom. The number of hydrogen-bond acceptors (Lipinski definition) is 4. The zero-order valence-corrected chi connectivity index (χ0v) is 18.6. The van der Waals surface area contributed by atoms with Crippen LogP contribution in [0.3, 0.4) is 0 Å². The second-order valence-corrected chi connectivity index (χ2v) is 9.67. The summed E-state index contributed by atoms with van der Waals surface area (Å²) in [5.41, 5.74) is -2.43. The lowest BCUT2D eigenvalue weighted by Crippen LogP contribution is -2.40. The molecule has 0 saturated carbocycles. The van der Waals surface area contributed by atoms with Crippen molar-refractivity contribution in [2.45, 2.75) is 25.3 Å². The number of nitrogens with one attached hydrogen (secondary N) is 1. The predicted molar refractivity (Wildman–Crippen MR) is 110 cm³/mol. The van der Waals surface area contributed by atoms with Crippen LogP contribution in [-0.4, -0.2) is 44.6 Å². The second-order valence-electron chi connectivity index (χ2n) is 7.58. The summed E-state index contributed by atoms with van der Waals surface area (Å²) in [6.07, 6.45) is -9.77. The molecule has 0 spiro atoms. The van der Waals surface area contributed by atoms with Gasteiger partial charge < -0.3 is 10.1 Å². The number of halogens is 6. The lowest BCUT2D eigenvalue weighted by Gasteiger charge is -2.28. The number of rotatable bonds is 6. The van der Waals surface area contributed by atoms with E-state index in [9.17, 15) is 39.6 Å². The number of hydrogen-bond donors (Lipinski definition) is 1. The Bertz CT molecular complexity index is 1150. The number of nitrogens with zero attached hydrogens (tertiary/aromatic N) is 1. The van der Waals surface area contributed by atoms with E-state index in [2.05, 4.69) is 5.32 Å². The first-order chi connectivity index (χ1) is 15.7. The fourth-order valence-electron chi connectivity index (χ4n) is 3.48. The molecule has 1 aliphatic rings. The Hall–Kier alpha value is -2.80. The lowest BCUT2D eigenvalue weighted by molar-refractivity contribution is -0.143. The smallest absolute Gasteiger partial charge is 0.416 e. The average molecular weight is 510 g/mol. The van der Waals surface area contributed by atoms with Gasteiger partial charge in [-0.25, -0.2) is 8.42 Å². The number of alkyl halides is 6. The van der Waals surface area contributed by atoms with Crippen LogP contribution < -0.4 is 10.1 Å². The molecule has 0 unspecified atom stereocenters. The standard InChI is InChI=1S/C21H20F6N2O4S/c1-33-18-3-2-14-12-29(6-4-13(14)10-18)34(31,32)7-5-28-19(30)15-8-16(20(22,23)24)11-17(9-15)21(25,26)27/h2-3,8-11H,4-7,12H2,1H3,(H,28,30). The van der Waals surface area contributed by atoms with Crippen LogP contribution in [0.4, 0.5) is 26.3 Å². The Kier molecular flexibility index (Phi) is 7.18. The van der Waals surface area contributed by atoms with Crippen molar-refractivity contribution in [2.24, 2.45) is 0 Å². The van der Waals surface area contributed by atoms with E-state index in [1.165, 1.54) is 11.4 Å². The van der Waals surface area contributed by atoms with Gasteiger partial charge in [-0.15, -0.1) is 0 Å². The average Bonchev–Trinajstić information content (AvgIpc) is 2.76. The van der Waals surface area contributed by atoms with E-state index in [-0.39, 0.29) is 31.3 Å². The van der Waals surface area contributed by atoms with Gasteiger partial charge in [0, 0.05) is 25.2 Å². The number of carbonyl (C=O) groups excluding carboxylic acids is 1. The molecule has 0 radical (unpaired) electrons. The van der Waals surface area contributed by atoms with Crippen LogP contribution in [0.2, 0.25) is 0 Å². The first-order valence-corrected chi connectivity index (χ1v) is 11.5. The number of fused-ring (bicyclic) bond motifs is 1. The number of ether oxygens (including phenoxy) is 1. The highest BCUT2D eigenvalue weighted by molar-refractivity contribution is 7.89. The van der Waals surface area contributed by atoms with Crippen LogP contribution in [0.5, 0.6) is 5.75 Å². The van der Waals surface area contributed by atoms with E-state index < -0.39 is 57.3 Å². The maximum atomic E-state index is 13.0. The van der Waals surface area contributed by atoms with Crippen LogP contribution in [-0.2, 0) is 35.3 Å². The molecule has 3 rings (SSSR count). The maximum absolute atomic E-state index is 13.0. The molecule has 13 heteroatoms. The molecule has 1 N–H and O–H groups in total. The molecule has 2 aromatic carbocycles. The molecule has 186 valence electrons. The van der Waals surface area contributed by atoms with Gasteiger partial charge in [0.05, 0.1) is 24.0 Å². The van der Waals surface area contributed by atoms with Crippen molar-refractivity contribution in [3.8, 4) is 5.75 Å². The molecule has 0 aliphatic carbocycles. The third kappa shape index (κ3) is 6.00. The van der Waals surface area contributed by atoms with Gasteiger partial charge in [0.2, 0.25) is 10.0 Å². The van der Waals surface area contributed by atoms with Crippen molar-refractivity contribution in [3.05, 3.63) is 64.2 Å². The molecule has 1 amide bonds. The van der Waals surface area contributed by atoms with E-state index in [0.29, 0.717) is 12.2 Å². The summed E-state index contributed by atoms with van der Waals surface area (Å²) in [6.45, 7) is -0.220. The van der Waals surface area contributed by atoms with Crippen molar-refractivity contribution in [2.75, 3.05) is 26.0 Å². The molecule has 34 heavy (non-hydrogen) atoms. The van der Waals surface area contributed by atoms with Gasteiger partial charge in [-0.3, -0.25) is 4.79 Å². The van der Waals surface area contributed by atoms with Crippen molar-refractivity contribution in [3.63, 3.8) is 0 Å². The summed E-state index contributed by atoms with van der Waals surface area (Å²) in [5, 5.41) is 2.09. The minimum atomic E-state index is -5.10. The van der Waals surface area contributed by atoms with E-state index >= 15 is 0 Å². The summed E-state index contributed by atoms with van der Waals surface area (Å²) in [5.74, 6) is -1.18. The van der Waals surface area contributed by atoms with Crippen LogP contribution in [0.15, 0.2) is 36.4 Å². The van der Waals surface area contributed by atoms with Crippen molar-refractivity contribution >= 4 is 15.9 Å². The van der Waals surface area contributed by atoms with E-state index in [1.807, 2.05) is 6.07 Å². The highest BCUT2D eigenvalue weighted by atomic mass is 32.2. The van der Waals surface area contributed by atoms with E-state index in [1.54, 1.807) is 12.1 Å². The number of benzene rings is 2. The lowest BCUT2D eigenvalue weighted by atomic mass is 10.0. The Morgan fingerprint density at radius 3 is 2.18 bits per heavy atom. The molecular weight excluding hydrogens is 490 g/mol. The maximum Gasteiger partial charge on any atom is 0.416 e. The van der Waals surface area contributed by atoms with Gasteiger partial charge >= 0.3 is 12.4 Å². The molecule has 1 heterocycles. The van der Waals surface area contributed by atoms with Crippen LogP contribution >= 0.6 is 0 Å². The summed E-state index contributed by atoms with van der Waals surface area (Å²) < 4.78 is 109. The molecule has 0 aromatic heterocycles. The van der Waals surface area contributed by atoms with Gasteiger partial charge in [0.1, 0.15) is 5.75 Å². The van der Waals surface area contributed by atoms with Crippen LogP contribution in [0.1, 0.15) is 32.6 Å². The molecule has 6 nitrogen and oxygen atoms in total. The van der Waals surface area contributed by atoms with Gasteiger partial charge in [-0.1, -0.05) is 6.07 Å². The SMILES string of the molecule is COc1ccc2c(c1)CCN(S(=O)(=O)CCNC(=O)c1cc(C(F)(F)F)cc(C(F)(F)F)c1)C2. The fourth-order valence-corrected chi connectivity index (χ4v) is 4.80. The Morgan fingerprint density at radius 1 is 1.00 bits per heavy atom. The zero-order valence-electron chi connectivity index (χ0n) is 17.8. The van der Waals surface area contributed by atoms with Crippen molar-refractivity contribution in [1.29, 1.82) is 0 Å². The number of sulfonamides is 1. The first-order valence-electron chi connectivity index (χ1n) is 9.92. The van der Waals surface area contributed by atoms with Crippen molar-refractivity contribution < 1.29 is 44.3 Å². The molecule has 0 saturated heterocycles. The summed E-state index contributed by atoms with van der Waals surface area (Å²) in [7, 11) is -2.34. The molecule has 0 atom stereocenters. The normalized spacial score (nSPS) is 15.0. The summed E-state index contributed by atoms with van der Waals surface area (Å²) in [4.78, 5) is 12.2. The number of carbonyl (C=O) groups is 1. The van der Waals surface area contributed by atoms with Crippen LogP contribution in [0.25, 0.3) is 0 Å². The van der Waals surface area contributed by atoms with Gasteiger partial charge in [0.15, 0.2) is 0 Å². The van der Waals surface area contributed by atoms with Gasteiger partial charge in [-0.05, 0) is 47.9 Å². The van der Waals surface area contributed by atoms with Crippen LogP contribution in [0, 0.1) is 0 Å². The fraction of sp³-hybridized carbons (Fsp3) is 0.381. The largest absolute Gasteiger partial charge is 0.497 e. The van der Waals surface area contributed by atoms with E-state index in [0.717, 1.165) is 11.1 Å². The third-order valence-corrected chi connectivity index (χ3v) is 7.10. The van der Waals surface area contributed by atoms with E-state index in [4.69, 9.17) is 4.74 Å². The minimum absolute atomic E-state index is 0.0922. The molecule has 0 bridgehead atoms. The Labute approximate surface area is 191 Å². The third-order valence-electron chi connectivity index (χ3n) is 5.28. The zero-order chi connectivity index (χ0) is 25.3. The van der Waals surface area contributed by atoms with Gasteiger partial charge in [-0.2, -0.15) is 30.6 Å². The van der Waals surface area contributed by atoms with Gasteiger partial charge in [0.25, 0.3) is 5.91 Å². The minimum Gasteiger partial charge on any atom is -0.497 e. The quantitative estimate of drug-likeness (QED) is 0.600. The van der Waals surface area contributed by atoms with Crippen molar-refractivity contribution in [1.82, 2.24) is 9.62 Å². The molecule has 2 aromatic rings. The summed E-state index contributed by atoms with van der Waals surface area (Å²) in [6, 6.07) is 5.72. The second kappa shape index (κ2) is 9.45. The highest BCUT2D eigenvalue weighted by Crippen LogP contribution is 2.36. The molecule has 1 aliphatic heterocycles. The highest BCUT2D eigenvalue weighted by Gasteiger charge is 2.37. The monoisotopic (exact) mass is 510 g/mol.